The number of anilines is 1. The number of halogens is 2. The summed E-state index contributed by atoms with van der Waals surface area (Å²) in [4.78, 5) is 54.1. The molecule has 0 spiro atoms. The Morgan fingerprint density at radius 2 is 1.30 bits per heavy atom. The lowest BCUT2D eigenvalue weighted by Gasteiger charge is -2.26. The van der Waals surface area contributed by atoms with Crippen LogP contribution >= 0.6 is 23.2 Å². The molecule has 57 heavy (non-hydrogen) atoms. The molecule has 4 rings (SSSR count). The number of amides is 4. The number of sulfonamides is 1. The van der Waals surface area contributed by atoms with Gasteiger partial charge in [-0.25, -0.2) is 8.42 Å². The van der Waals surface area contributed by atoms with Crippen molar-refractivity contribution in [2.75, 3.05) is 24.2 Å². The lowest BCUT2D eigenvalue weighted by Crippen LogP contribution is -2.55. The van der Waals surface area contributed by atoms with Gasteiger partial charge < -0.3 is 26.6 Å². The van der Waals surface area contributed by atoms with Crippen LogP contribution in [0.3, 0.4) is 0 Å². The fraction of sp³-hybridized carbons (Fsp3) is 0.333. The zero-order chi connectivity index (χ0) is 41.9. The summed E-state index contributed by atoms with van der Waals surface area (Å²) in [7, 11) is -2.42. The number of nitrogens with one attached hydrogen (secondary N) is 5. The fourth-order valence-electron chi connectivity index (χ4n) is 5.90. The summed E-state index contributed by atoms with van der Waals surface area (Å²) >= 11 is 12.2. The van der Waals surface area contributed by atoms with Crippen molar-refractivity contribution in [3.63, 3.8) is 0 Å². The summed E-state index contributed by atoms with van der Waals surface area (Å²) in [6.07, 6.45) is 1.40. The van der Waals surface area contributed by atoms with Crippen LogP contribution in [0, 0.1) is 5.92 Å². The molecule has 4 aromatic carbocycles. The van der Waals surface area contributed by atoms with Crippen LogP contribution < -0.4 is 30.9 Å². The average Bonchev–Trinajstić information content (AvgIpc) is 3.17. The Balaban J connectivity index is 1.51. The minimum Gasteiger partial charge on any atom is -0.350 e. The summed E-state index contributed by atoms with van der Waals surface area (Å²) in [6.45, 7) is 7.52. The van der Waals surface area contributed by atoms with Crippen molar-refractivity contribution in [3.8, 4) is 0 Å². The van der Waals surface area contributed by atoms with Gasteiger partial charge in [-0.05, 0) is 85.3 Å². The van der Waals surface area contributed by atoms with Crippen LogP contribution in [0.25, 0.3) is 0 Å². The van der Waals surface area contributed by atoms with Gasteiger partial charge in [-0.1, -0.05) is 91.6 Å². The monoisotopic (exact) mass is 836 g/mol. The molecule has 0 unspecified atom stereocenters. The molecule has 0 aliphatic rings. The van der Waals surface area contributed by atoms with E-state index >= 15 is 0 Å². The standard InChI is InChI=1S/C42H50Cl2N6O6S/c1-26(2)38(42(54)46-24-30-14-10-16-34(43)18-30)49-39(51)28(4)45-25-36(19-29-12-8-7-9-13-29)48-41(53)33-20-32(22-37(23-33)50(5)57(6,55)56)40(52)47-27(3)31-15-11-17-35(44)21-31/h7-18,20-23,26-28,36,38,45H,19,24-25H2,1-6H3,(H,46,54)(H,47,52)(H,48,53)(H,49,51)/t27-,28+,36+,38+/m1/s1. The second-order valence-electron chi connectivity index (χ2n) is 14.3. The number of nitrogens with zero attached hydrogens (tertiary/aromatic N) is 1. The van der Waals surface area contributed by atoms with Crippen molar-refractivity contribution in [1.82, 2.24) is 26.6 Å². The quantitative estimate of drug-likeness (QED) is 0.0864. The van der Waals surface area contributed by atoms with Crippen LogP contribution in [0.15, 0.2) is 97.1 Å². The highest BCUT2D eigenvalue weighted by molar-refractivity contribution is 7.92. The van der Waals surface area contributed by atoms with Gasteiger partial charge >= 0.3 is 0 Å². The maximum Gasteiger partial charge on any atom is 0.251 e. The molecular formula is C42H50Cl2N6O6S. The molecule has 12 nitrogen and oxygen atoms in total. The third-order valence-corrected chi connectivity index (χ3v) is 11.0. The van der Waals surface area contributed by atoms with E-state index in [-0.39, 0.29) is 41.7 Å². The summed E-state index contributed by atoms with van der Waals surface area (Å²) in [5, 5.41) is 15.9. The fourth-order valence-corrected chi connectivity index (χ4v) is 6.80. The van der Waals surface area contributed by atoms with Gasteiger partial charge in [0.25, 0.3) is 11.8 Å². The average molecular weight is 838 g/mol. The maximum absolute atomic E-state index is 14.0. The first-order chi connectivity index (χ1) is 26.9. The predicted molar refractivity (Wildman–Crippen MR) is 226 cm³/mol. The van der Waals surface area contributed by atoms with Crippen LogP contribution in [-0.2, 0) is 32.6 Å². The van der Waals surface area contributed by atoms with E-state index in [1.165, 1.54) is 25.2 Å². The Hall–Kier alpha value is -4.95. The van der Waals surface area contributed by atoms with Crippen molar-refractivity contribution >= 4 is 62.5 Å². The number of hydrogen-bond donors (Lipinski definition) is 5. The van der Waals surface area contributed by atoms with Gasteiger partial charge in [0.1, 0.15) is 6.04 Å². The molecule has 304 valence electrons. The van der Waals surface area contributed by atoms with E-state index < -0.39 is 51.9 Å². The van der Waals surface area contributed by atoms with Crippen molar-refractivity contribution in [1.29, 1.82) is 0 Å². The molecule has 0 aliphatic heterocycles. The molecule has 0 radical (unpaired) electrons. The largest absolute Gasteiger partial charge is 0.350 e. The first-order valence-corrected chi connectivity index (χ1v) is 21.1. The molecule has 0 heterocycles. The van der Waals surface area contributed by atoms with Crippen molar-refractivity contribution in [3.05, 3.63) is 135 Å². The lowest BCUT2D eigenvalue weighted by molar-refractivity contribution is -0.131. The summed E-state index contributed by atoms with van der Waals surface area (Å²) < 4.78 is 26.1. The molecule has 0 aliphatic carbocycles. The second-order valence-corrected chi connectivity index (χ2v) is 17.2. The molecular weight excluding hydrogens is 787 g/mol. The first-order valence-electron chi connectivity index (χ1n) is 18.5. The number of carbonyl (C=O) groups excluding carboxylic acids is 4. The third kappa shape index (κ3) is 13.6. The van der Waals surface area contributed by atoms with E-state index in [0.717, 1.165) is 27.3 Å². The SMILES string of the molecule is CC(C)[C@H](NC(=O)[C@H](C)NC[C@H](Cc1ccccc1)NC(=O)c1cc(C(=O)N[C@H](C)c2cccc(Cl)c2)cc(N(C)S(C)(=O)=O)c1)C(=O)NCc1cccc(Cl)c1. The zero-order valence-electron chi connectivity index (χ0n) is 32.8. The van der Waals surface area contributed by atoms with Gasteiger partial charge in [0.05, 0.1) is 24.0 Å². The number of benzene rings is 4. The van der Waals surface area contributed by atoms with Crippen LogP contribution in [0.1, 0.15) is 71.1 Å². The minimum absolute atomic E-state index is 0.0518. The molecule has 5 N–H and O–H groups in total. The minimum atomic E-state index is -3.76. The van der Waals surface area contributed by atoms with Gasteiger partial charge in [-0.3, -0.25) is 23.5 Å². The summed E-state index contributed by atoms with van der Waals surface area (Å²) in [5.74, 6) is -2.05. The summed E-state index contributed by atoms with van der Waals surface area (Å²) in [5.41, 5.74) is 2.73. The second kappa shape index (κ2) is 20.5. The Labute approximate surface area is 345 Å². The van der Waals surface area contributed by atoms with Crippen molar-refractivity contribution in [2.24, 2.45) is 5.92 Å². The highest BCUT2D eigenvalue weighted by Gasteiger charge is 2.27. The molecule has 0 saturated carbocycles. The van der Waals surface area contributed by atoms with E-state index in [2.05, 4.69) is 26.6 Å². The Kier molecular flexibility index (Phi) is 16.1. The Morgan fingerprint density at radius 1 is 0.702 bits per heavy atom. The number of carbonyl (C=O) groups is 4. The number of hydrogen-bond acceptors (Lipinski definition) is 7. The van der Waals surface area contributed by atoms with Crippen molar-refractivity contribution < 1.29 is 27.6 Å². The van der Waals surface area contributed by atoms with Crippen LogP contribution in [-0.4, -0.2) is 70.0 Å². The lowest BCUT2D eigenvalue weighted by atomic mass is 10.0. The molecule has 15 heteroatoms. The van der Waals surface area contributed by atoms with Gasteiger partial charge in [0, 0.05) is 47.4 Å². The van der Waals surface area contributed by atoms with Crippen molar-refractivity contribution in [2.45, 2.75) is 64.8 Å². The molecule has 4 aromatic rings. The smallest absolute Gasteiger partial charge is 0.251 e. The van der Waals surface area contributed by atoms with E-state index in [0.29, 0.717) is 16.5 Å². The molecule has 4 amide bonds. The first kappa shape index (κ1) is 44.8. The normalized spacial score (nSPS) is 13.5. The van der Waals surface area contributed by atoms with E-state index in [4.69, 9.17) is 23.2 Å². The Bertz CT molecular complexity index is 2150. The predicted octanol–water partition coefficient (Wildman–Crippen LogP) is 5.66. The van der Waals surface area contributed by atoms with Gasteiger partial charge in [-0.2, -0.15) is 0 Å². The highest BCUT2D eigenvalue weighted by atomic mass is 35.5. The molecule has 4 atom stereocenters. The van der Waals surface area contributed by atoms with Crippen LogP contribution in [0.4, 0.5) is 5.69 Å². The molecule has 0 bridgehead atoms. The highest BCUT2D eigenvalue weighted by Crippen LogP contribution is 2.23. The Morgan fingerprint density at radius 3 is 1.89 bits per heavy atom. The third-order valence-electron chi connectivity index (χ3n) is 9.33. The summed E-state index contributed by atoms with van der Waals surface area (Å²) in [6, 6.07) is 25.3. The molecule has 0 saturated heterocycles. The number of rotatable bonds is 18. The van der Waals surface area contributed by atoms with Gasteiger partial charge in [-0.15, -0.1) is 0 Å². The topological polar surface area (TPSA) is 166 Å². The van der Waals surface area contributed by atoms with Gasteiger partial charge in [0.15, 0.2) is 0 Å². The van der Waals surface area contributed by atoms with E-state index in [1.54, 1.807) is 50.2 Å². The maximum atomic E-state index is 14.0. The van der Waals surface area contributed by atoms with Gasteiger partial charge in [0.2, 0.25) is 21.8 Å². The van der Waals surface area contributed by atoms with Crippen LogP contribution in [0.5, 0.6) is 0 Å². The molecule has 0 aromatic heterocycles. The zero-order valence-corrected chi connectivity index (χ0v) is 35.1. The molecule has 0 fully saturated rings. The van der Waals surface area contributed by atoms with Crippen LogP contribution in [0.2, 0.25) is 10.0 Å². The van der Waals surface area contributed by atoms with E-state index in [9.17, 15) is 27.6 Å². The van der Waals surface area contributed by atoms with E-state index in [1.807, 2.05) is 56.3 Å².